The summed E-state index contributed by atoms with van der Waals surface area (Å²) < 4.78 is 5.40. The normalized spacial score (nSPS) is 26.3. The SMILES string of the molecule is CC(C)(C)N1CCC(NC2CCOCC2)CC1. The number of hydrogen-bond acceptors (Lipinski definition) is 3. The molecular formula is C14H28N2O. The largest absolute Gasteiger partial charge is 0.381 e. The van der Waals surface area contributed by atoms with Crippen LogP contribution in [0.5, 0.6) is 0 Å². The molecule has 1 N–H and O–H groups in total. The molecule has 0 amide bonds. The van der Waals surface area contributed by atoms with Crippen LogP contribution in [0.3, 0.4) is 0 Å². The van der Waals surface area contributed by atoms with Gasteiger partial charge in [0.05, 0.1) is 0 Å². The number of piperidine rings is 1. The van der Waals surface area contributed by atoms with E-state index in [1.165, 1.54) is 38.8 Å². The molecule has 2 rings (SSSR count). The highest BCUT2D eigenvalue weighted by atomic mass is 16.5. The minimum Gasteiger partial charge on any atom is -0.381 e. The molecule has 2 aliphatic heterocycles. The Labute approximate surface area is 106 Å². The van der Waals surface area contributed by atoms with Crippen LogP contribution < -0.4 is 5.32 Å². The Bertz CT molecular complexity index is 223. The summed E-state index contributed by atoms with van der Waals surface area (Å²) in [5.41, 5.74) is 0.337. The summed E-state index contributed by atoms with van der Waals surface area (Å²) in [7, 11) is 0. The Morgan fingerprint density at radius 1 is 0.941 bits per heavy atom. The molecule has 3 nitrogen and oxygen atoms in total. The minimum atomic E-state index is 0.337. The van der Waals surface area contributed by atoms with Crippen LogP contribution in [-0.2, 0) is 4.74 Å². The number of nitrogens with zero attached hydrogens (tertiary/aromatic N) is 1. The molecule has 2 fully saturated rings. The van der Waals surface area contributed by atoms with E-state index in [4.69, 9.17) is 4.74 Å². The molecule has 0 spiro atoms. The first-order valence-corrected chi connectivity index (χ1v) is 7.14. The van der Waals surface area contributed by atoms with Crippen molar-refractivity contribution < 1.29 is 4.74 Å². The maximum Gasteiger partial charge on any atom is 0.0480 e. The zero-order chi connectivity index (χ0) is 12.3. The zero-order valence-corrected chi connectivity index (χ0v) is 11.7. The molecule has 2 aliphatic rings. The van der Waals surface area contributed by atoms with Crippen LogP contribution in [0.15, 0.2) is 0 Å². The maximum absolute atomic E-state index is 5.40. The van der Waals surface area contributed by atoms with Crippen LogP contribution in [0.1, 0.15) is 46.5 Å². The molecule has 0 aromatic carbocycles. The van der Waals surface area contributed by atoms with Crippen molar-refractivity contribution in [3.8, 4) is 0 Å². The molecule has 3 heteroatoms. The molecule has 0 aromatic rings. The summed E-state index contributed by atoms with van der Waals surface area (Å²) in [6.45, 7) is 11.3. The van der Waals surface area contributed by atoms with E-state index in [1.807, 2.05) is 0 Å². The highest BCUT2D eigenvalue weighted by Gasteiger charge is 2.28. The molecule has 0 aromatic heterocycles. The van der Waals surface area contributed by atoms with Gasteiger partial charge in [-0.2, -0.15) is 0 Å². The number of likely N-dealkylation sites (tertiary alicyclic amines) is 1. The van der Waals surface area contributed by atoms with E-state index >= 15 is 0 Å². The third-order valence-corrected chi connectivity index (χ3v) is 4.14. The van der Waals surface area contributed by atoms with E-state index in [0.717, 1.165) is 19.3 Å². The first-order chi connectivity index (χ1) is 8.05. The van der Waals surface area contributed by atoms with E-state index in [-0.39, 0.29) is 0 Å². The maximum atomic E-state index is 5.40. The van der Waals surface area contributed by atoms with E-state index in [0.29, 0.717) is 11.6 Å². The predicted molar refractivity (Wildman–Crippen MR) is 71.3 cm³/mol. The van der Waals surface area contributed by atoms with E-state index in [9.17, 15) is 0 Å². The van der Waals surface area contributed by atoms with Crippen molar-refractivity contribution >= 4 is 0 Å². The van der Waals surface area contributed by atoms with Crippen LogP contribution in [0.2, 0.25) is 0 Å². The quantitative estimate of drug-likeness (QED) is 0.799. The molecule has 0 unspecified atom stereocenters. The lowest BCUT2D eigenvalue weighted by atomic mass is 9.96. The molecule has 0 saturated carbocycles. The summed E-state index contributed by atoms with van der Waals surface area (Å²) in [6.07, 6.45) is 4.99. The highest BCUT2D eigenvalue weighted by molar-refractivity contribution is 4.86. The average molecular weight is 240 g/mol. The Kier molecular flexibility index (Phi) is 4.45. The first-order valence-electron chi connectivity index (χ1n) is 7.14. The van der Waals surface area contributed by atoms with Gasteiger partial charge in [-0.1, -0.05) is 0 Å². The minimum absolute atomic E-state index is 0.337. The summed E-state index contributed by atoms with van der Waals surface area (Å²) in [6, 6.07) is 1.44. The fourth-order valence-electron chi connectivity index (χ4n) is 2.91. The summed E-state index contributed by atoms with van der Waals surface area (Å²) >= 11 is 0. The topological polar surface area (TPSA) is 24.5 Å². The van der Waals surface area contributed by atoms with Crippen LogP contribution in [0.25, 0.3) is 0 Å². The summed E-state index contributed by atoms with van der Waals surface area (Å²) in [5, 5.41) is 3.82. The molecule has 0 bridgehead atoms. The van der Waals surface area contributed by atoms with Crippen molar-refractivity contribution in [2.45, 2.75) is 64.1 Å². The monoisotopic (exact) mass is 240 g/mol. The Morgan fingerprint density at radius 2 is 1.47 bits per heavy atom. The number of rotatable bonds is 2. The van der Waals surface area contributed by atoms with E-state index < -0.39 is 0 Å². The molecule has 0 aliphatic carbocycles. The van der Waals surface area contributed by atoms with Gasteiger partial charge in [0.25, 0.3) is 0 Å². The number of ether oxygens (including phenoxy) is 1. The molecule has 0 atom stereocenters. The lowest BCUT2D eigenvalue weighted by Crippen LogP contribution is -2.52. The van der Waals surface area contributed by atoms with Gasteiger partial charge in [0.1, 0.15) is 0 Å². The smallest absolute Gasteiger partial charge is 0.0480 e. The van der Waals surface area contributed by atoms with Gasteiger partial charge in [0.2, 0.25) is 0 Å². The second-order valence-corrected chi connectivity index (χ2v) is 6.49. The van der Waals surface area contributed by atoms with Crippen molar-refractivity contribution in [3.63, 3.8) is 0 Å². The standard InChI is InChI=1S/C14H28N2O/c1-14(2,3)16-8-4-12(5-9-16)15-13-6-10-17-11-7-13/h12-13,15H,4-11H2,1-3H3. The molecule has 0 radical (unpaired) electrons. The lowest BCUT2D eigenvalue weighted by molar-refractivity contribution is 0.0618. The van der Waals surface area contributed by atoms with Gasteiger partial charge >= 0.3 is 0 Å². The number of hydrogen-bond donors (Lipinski definition) is 1. The molecule has 2 saturated heterocycles. The summed E-state index contributed by atoms with van der Waals surface area (Å²) in [5.74, 6) is 0. The van der Waals surface area contributed by atoms with Crippen LogP contribution in [0.4, 0.5) is 0 Å². The predicted octanol–water partition coefficient (Wildman–Crippen LogP) is 2.02. The van der Waals surface area contributed by atoms with E-state index in [1.54, 1.807) is 0 Å². The third-order valence-electron chi connectivity index (χ3n) is 4.14. The van der Waals surface area contributed by atoms with Gasteiger partial charge in [-0.15, -0.1) is 0 Å². The Hall–Kier alpha value is -0.120. The fraction of sp³-hybridized carbons (Fsp3) is 1.00. The number of nitrogens with one attached hydrogen (secondary N) is 1. The summed E-state index contributed by atoms with van der Waals surface area (Å²) in [4.78, 5) is 2.61. The molecule has 2 heterocycles. The van der Waals surface area contributed by atoms with E-state index in [2.05, 4.69) is 31.0 Å². The molecule has 17 heavy (non-hydrogen) atoms. The second-order valence-electron chi connectivity index (χ2n) is 6.49. The zero-order valence-electron chi connectivity index (χ0n) is 11.7. The lowest BCUT2D eigenvalue weighted by Gasteiger charge is -2.42. The van der Waals surface area contributed by atoms with Gasteiger partial charge in [-0.05, 0) is 46.5 Å². The van der Waals surface area contributed by atoms with Crippen LogP contribution >= 0.6 is 0 Å². The van der Waals surface area contributed by atoms with Gasteiger partial charge in [-0.3, -0.25) is 4.90 Å². The Morgan fingerprint density at radius 3 is 2.00 bits per heavy atom. The highest BCUT2D eigenvalue weighted by Crippen LogP contribution is 2.21. The van der Waals surface area contributed by atoms with Gasteiger partial charge in [0, 0.05) is 43.9 Å². The van der Waals surface area contributed by atoms with Gasteiger partial charge in [-0.25, -0.2) is 0 Å². The first kappa shape index (κ1) is 13.3. The third kappa shape index (κ3) is 3.94. The van der Waals surface area contributed by atoms with Crippen LogP contribution in [-0.4, -0.2) is 48.8 Å². The average Bonchev–Trinajstić information content (AvgIpc) is 2.30. The fourth-order valence-corrected chi connectivity index (χ4v) is 2.91. The van der Waals surface area contributed by atoms with Crippen molar-refractivity contribution in [1.29, 1.82) is 0 Å². The molecular weight excluding hydrogens is 212 g/mol. The van der Waals surface area contributed by atoms with Gasteiger partial charge in [0.15, 0.2) is 0 Å². The van der Waals surface area contributed by atoms with Crippen molar-refractivity contribution in [1.82, 2.24) is 10.2 Å². The second kappa shape index (κ2) is 5.68. The van der Waals surface area contributed by atoms with Crippen molar-refractivity contribution in [3.05, 3.63) is 0 Å². The van der Waals surface area contributed by atoms with Crippen molar-refractivity contribution in [2.75, 3.05) is 26.3 Å². The van der Waals surface area contributed by atoms with Crippen molar-refractivity contribution in [2.24, 2.45) is 0 Å². The molecule has 100 valence electrons. The van der Waals surface area contributed by atoms with Crippen LogP contribution in [0, 0.1) is 0 Å². The van der Waals surface area contributed by atoms with Gasteiger partial charge < -0.3 is 10.1 Å². The Balaban J connectivity index is 1.71.